The number of ether oxygens (including phenoxy) is 4. The van der Waals surface area contributed by atoms with Crippen molar-refractivity contribution < 1.29 is 18.9 Å². The van der Waals surface area contributed by atoms with Crippen LogP contribution in [-0.2, 0) is 5.41 Å². The van der Waals surface area contributed by atoms with Gasteiger partial charge >= 0.3 is 0 Å². The molecule has 4 aliphatic rings. The molecule has 6 nitrogen and oxygen atoms in total. The summed E-state index contributed by atoms with van der Waals surface area (Å²) >= 11 is 1.90. The van der Waals surface area contributed by atoms with Crippen molar-refractivity contribution in [3.63, 3.8) is 0 Å². The van der Waals surface area contributed by atoms with Crippen LogP contribution in [0.5, 0.6) is 23.0 Å². The first-order valence-corrected chi connectivity index (χ1v) is 17.7. The third-order valence-corrected chi connectivity index (χ3v) is 11.6. The number of fused-ring (bicyclic) bond motifs is 8. The Morgan fingerprint density at radius 1 is 0.653 bits per heavy atom. The van der Waals surface area contributed by atoms with Gasteiger partial charge in [-0.2, -0.15) is 0 Å². The molecular formula is C41H35BN2O4S. The van der Waals surface area contributed by atoms with Crippen molar-refractivity contribution >= 4 is 78.0 Å². The molecule has 49 heavy (non-hydrogen) atoms. The number of rotatable bonds is 2. The first kappa shape index (κ1) is 28.9. The van der Waals surface area contributed by atoms with E-state index in [9.17, 15) is 0 Å². The summed E-state index contributed by atoms with van der Waals surface area (Å²) in [6.45, 7) is 14.1. The van der Waals surface area contributed by atoms with Crippen LogP contribution in [0.25, 0.3) is 10.1 Å². The largest absolute Gasteiger partial charge is 0.454 e. The molecule has 5 heterocycles. The van der Waals surface area contributed by atoms with Gasteiger partial charge in [-0.15, -0.1) is 11.3 Å². The molecule has 0 amide bonds. The Hall–Kier alpha value is -5.08. The van der Waals surface area contributed by atoms with E-state index < -0.39 is 0 Å². The molecule has 0 aliphatic carbocycles. The van der Waals surface area contributed by atoms with E-state index in [4.69, 9.17) is 18.9 Å². The van der Waals surface area contributed by atoms with E-state index in [0.29, 0.717) is 0 Å². The van der Waals surface area contributed by atoms with Crippen LogP contribution in [0.1, 0.15) is 43.0 Å². The molecule has 5 aromatic carbocycles. The first-order valence-electron chi connectivity index (χ1n) is 16.9. The molecule has 0 unspecified atom stereocenters. The molecule has 8 heteroatoms. The fourth-order valence-electron chi connectivity index (χ4n) is 8.23. The normalized spacial score (nSPS) is 15.1. The SMILES string of the molecule is Cc1cc2c3c(c1)N(c1c(C)cc(C(C)(C)C)cc1C)c1c(sc4ccccc14)B3c1cc3c(cc1N2c1ccc2c(c1)OCO2)OCO3. The van der Waals surface area contributed by atoms with Gasteiger partial charge in [0.15, 0.2) is 23.0 Å². The topological polar surface area (TPSA) is 43.4 Å². The molecule has 0 N–H and O–H groups in total. The number of hydrogen-bond acceptors (Lipinski definition) is 7. The van der Waals surface area contributed by atoms with Crippen LogP contribution in [0.15, 0.2) is 78.9 Å². The summed E-state index contributed by atoms with van der Waals surface area (Å²) in [5, 5.41) is 1.27. The summed E-state index contributed by atoms with van der Waals surface area (Å²) in [6.07, 6.45) is 0. The Balaban J connectivity index is 1.32. The molecule has 0 saturated carbocycles. The maximum atomic E-state index is 6.04. The van der Waals surface area contributed by atoms with E-state index in [2.05, 4.69) is 124 Å². The van der Waals surface area contributed by atoms with Gasteiger partial charge in [0, 0.05) is 44.1 Å². The molecule has 6 aromatic rings. The van der Waals surface area contributed by atoms with Gasteiger partial charge in [0.1, 0.15) is 0 Å². The number of anilines is 6. The van der Waals surface area contributed by atoms with Gasteiger partial charge in [-0.1, -0.05) is 51.1 Å². The maximum Gasteiger partial charge on any atom is 0.264 e. The van der Waals surface area contributed by atoms with Crippen LogP contribution < -0.4 is 44.4 Å². The molecule has 0 radical (unpaired) electrons. The first-order chi connectivity index (χ1) is 23.7. The fourth-order valence-corrected chi connectivity index (χ4v) is 9.55. The van der Waals surface area contributed by atoms with Crippen molar-refractivity contribution in [1.29, 1.82) is 0 Å². The van der Waals surface area contributed by atoms with E-state index in [1.165, 1.54) is 65.1 Å². The standard InChI is InChI=1S/C41H35BN2O4S/c1-22-13-30-37-31(14-22)44(38-23(2)15-25(16-24(38)3)41(4,5)6)39-27-9-7-8-10-36(27)49-40(39)42(37)28-18-34-35(48-21-47-34)19-29(28)43(30)26-11-12-32-33(17-26)46-20-45-32/h7-19H,20-21H2,1-6H3. The summed E-state index contributed by atoms with van der Waals surface area (Å²) < 4.78 is 26.3. The molecule has 0 fully saturated rings. The second-order valence-electron chi connectivity index (χ2n) is 14.6. The monoisotopic (exact) mass is 662 g/mol. The highest BCUT2D eigenvalue weighted by Gasteiger charge is 2.46. The molecule has 1 aromatic heterocycles. The highest BCUT2D eigenvalue weighted by Crippen LogP contribution is 2.51. The Labute approximate surface area is 290 Å². The zero-order valence-corrected chi connectivity index (χ0v) is 29.2. The van der Waals surface area contributed by atoms with Crippen LogP contribution >= 0.6 is 11.3 Å². The number of benzene rings is 5. The summed E-state index contributed by atoms with van der Waals surface area (Å²) in [4.78, 5) is 4.95. The van der Waals surface area contributed by atoms with Crippen LogP contribution in [-0.4, -0.2) is 20.3 Å². The minimum absolute atomic E-state index is 0.00142. The lowest BCUT2D eigenvalue weighted by Gasteiger charge is -2.44. The summed E-state index contributed by atoms with van der Waals surface area (Å²) in [6, 6.07) is 29.0. The molecular weight excluding hydrogens is 627 g/mol. The predicted octanol–water partition coefficient (Wildman–Crippen LogP) is 8.66. The van der Waals surface area contributed by atoms with Gasteiger partial charge in [0.05, 0.1) is 17.1 Å². The molecule has 10 rings (SSSR count). The van der Waals surface area contributed by atoms with Crippen molar-refractivity contribution in [2.75, 3.05) is 23.4 Å². The fraction of sp³-hybridized carbons (Fsp3) is 0.220. The Bertz CT molecular complexity index is 2390. The highest BCUT2D eigenvalue weighted by molar-refractivity contribution is 7.33. The Kier molecular flexibility index (Phi) is 5.89. The molecule has 0 saturated heterocycles. The van der Waals surface area contributed by atoms with Crippen molar-refractivity contribution in [3.8, 4) is 23.0 Å². The van der Waals surface area contributed by atoms with Crippen molar-refractivity contribution in [1.82, 2.24) is 0 Å². The third kappa shape index (κ3) is 4.07. The van der Waals surface area contributed by atoms with E-state index >= 15 is 0 Å². The molecule has 242 valence electrons. The van der Waals surface area contributed by atoms with Crippen LogP contribution in [0.4, 0.5) is 34.1 Å². The lowest BCUT2D eigenvalue weighted by atomic mass is 9.36. The minimum atomic E-state index is -0.00142. The van der Waals surface area contributed by atoms with Crippen LogP contribution in [0.2, 0.25) is 0 Å². The highest BCUT2D eigenvalue weighted by atomic mass is 32.1. The quantitative estimate of drug-likeness (QED) is 0.173. The van der Waals surface area contributed by atoms with E-state index in [1.54, 1.807) is 0 Å². The van der Waals surface area contributed by atoms with Crippen molar-refractivity contribution in [2.24, 2.45) is 0 Å². The molecule has 0 spiro atoms. The molecule has 0 bridgehead atoms. The van der Waals surface area contributed by atoms with Gasteiger partial charge in [-0.05, 0) is 95.8 Å². The van der Waals surface area contributed by atoms with Crippen LogP contribution in [0, 0.1) is 20.8 Å². The van der Waals surface area contributed by atoms with Gasteiger partial charge < -0.3 is 28.7 Å². The lowest BCUT2D eigenvalue weighted by molar-refractivity contribution is 0.173. The third-order valence-electron chi connectivity index (χ3n) is 10.4. The maximum absolute atomic E-state index is 6.04. The summed E-state index contributed by atoms with van der Waals surface area (Å²) in [5.41, 5.74) is 14.6. The van der Waals surface area contributed by atoms with E-state index in [-0.39, 0.29) is 25.7 Å². The average molecular weight is 663 g/mol. The Morgan fingerprint density at radius 2 is 1.31 bits per heavy atom. The van der Waals surface area contributed by atoms with Crippen LogP contribution in [0.3, 0.4) is 0 Å². The van der Waals surface area contributed by atoms with Gasteiger partial charge in [-0.3, -0.25) is 0 Å². The number of aryl methyl sites for hydroxylation is 3. The van der Waals surface area contributed by atoms with Gasteiger partial charge in [0.2, 0.25) is 13.6 Å². The number of nitrogens with zero attached hydrogens (tertiary/aromatic N) is 2. The van der Waals surface area contributed by atoms with Gasteiger partial charge in [0.25, 0.3) is 6.71 Å². The average Bonchev–Trinajstić information content (AvgIpc) is 3.82. The zero-order valence-electron chi connectivity index (χ0n) is 28.4. The lowest BCUT2D eigenvalue weighted by Crippen LogP contribution is -2.60. The van der Waals surface area contributed by atoms with E-state index in [1.807, 2.05) is 17.4 Å². The number of hydrogen-bond donors (Lipinski definition) is 0. The molecule has 4 aliphatic heterocycles. The second-order valence-corrected chi connectivity index (χ2v) is 15.7. The number of thiophene rings is 1. The minimum Gasteiger partial charge on any atom is -0.454 e. The van der Waals surface area contributed by atoms with E-state index in [0.717, 1.165) is 40.1 Å². The van der Waals surface area contributed by atoms with Crippen molar-refractivity contribution in [2.45, 2.75) is 47.0 Å². The second kappa shape index (κ2) is 9.99. The summed E-state index contributed by atoms with van der Waals surface area (Å²) in [7, 11) is 0. The Morgan fingerprint density at radius 3 is 2.04 bits per heavy atom. The smallest absolute Gasteiger partial charge is 0.264 e. The zero-order chi connectivity index (χ0) is 33.3. The van der Waals surface area contributed by atoms with Gasteiger partial charge in [-0.25, -0.2) is 0 Å². The summed E-state index contributed by atoms with van der Waals surface area (Å²) in [5.74, 6) is 3.07. The predicted molar refractivity (Wildman–Crippen MR) is 201 cm³/mol. The molecule has 0 atom stereocenters. The van der Waals surface area contributed by atoms with Crippen molar-refractivity contribution in [3.05, 3.63) is 101 Å².